The first-order chi connectivity index (χ1) is 13.8. The molecule has 9 heteroatoms. The molecule has 2 aromatic rings. The highest BCUT2D eigenvalue weighted by Crippen LogP contribution is 2.36. The highest BCUT2D eigenvalue weighted by molar-refractivity contribution is 7.91. The van der Waals surface area contributed by atoms with Gasteiger partial charge in [0.15, 0.2) is 9.84 Å². The predicted molar refractivity (Wildman–Crippen MR) is 114 cm³/mol. The molecule has 2 aliphatic rings. The lowest BCUT2D eigenvalue weighted by atomic mass is 10.0. The average molecular weight is 455 g/mol. The Kier molecular flexibility index (Phi) is 5.50. The maximum absolute atomic E-state index is 13.1. The molecule has 0 bridgehead atoms. The molecule has 0 saturated carbocycles. The number of rotatable bonds is 4. The minimum absolute atomic E-state index is 0.00971. The van der Waals surface area contributed by atoms with Gasteiger partial charge in [-0.25, -0.2) is 8.42 Å². The van der Waals surface area contributed by atoms with Gasteiger partial charge in [-0.1, -0.05) is 41.4 Å². The minimum Gasteiger partial charge on any atom is -0.495 e. The summed E-state index contributed by atoms with van der Waals surface area (Å²) in [7, 11) is -1.76. The summed E-state index contributed by atoms with van der Waals surface area (Å²) in [6, 6.07) is 11.7. The summed E-state index contributed by atoms with van der Waals surface area (Å²) < 4.78 is 30.1. The molecule has 2 heterocycles. The molecule has 6 nitrogen and oxygen atoms in total. The van der Waals surface area contributed by atoms with E-state index in [0.717, 1.165) is 5.56 Å². The zero-order chi connectivity index (χ0) is 20.8. The number of amides is 1. The van der Waals surface area contributed by atoms with Crippen LogP contribution >= 0.6 is 23.2 Å². The van der Waals surface area contributed by atoms with Crippen molar-refractivity contribution in [1.82, 2.24) is 4.90 Å². The van der Waals surface area contributed by atoms with E-state index in [9.17, 15) is 13.2 Å². The maximum atomic E-state index is 13.1. The van der Waals surface area contributed by atoms with E-state index in [-0.39, 0.29) is 30.0 Å². The van der Waals surface area contributed by atoms with Gasteiger partial charge in [0.05, 0.1) is 36.2 Å². The summed E-state index contributed by atoms with van der Waals surface area (Å²) in [5.74, 6) is 0.259. The Morgan fingerprint density at radius 2 is 1.79 bits per heavy atom. The van der Waals surface area contributed by atoms with Crippen LogP contribution in [0.1, 0.15) is 5.56 Å². The topological polar surface area (TPSA) is 66.9 Å². The molecule has 4 rings (SSSR count). The van der Waals surface area contributed by atoms with Crippen molar-refractivity contribution in [3.8, 4) is 5.75 Å². The molecule has 0 N–H and O–H groups in total. The summed E-state index contributed by atoms with van der Waals surface area (Å²) in [4.78, 5) is 16.6. The summed E-state index contributed by atoms with van der Waals surface area (Å²) in [6.45, 7) is 0.519. The number of sulfone groups is 1. The van der Waals surface area contributed by atoms with Crippen LogP contribution in [-0.4, -0.2) is 56.5 Å². The maximum Gasteiger partial charge on any atom is 0.241 e. The second kappa shape index (κ2) is 7.80. The van der Waals surface area contributed by atoms with Gasteiger partial charge in [0.25, 0.3) is 0 Å². The van der Waals surface area contributed by atoms with Crippen LogP contribution in [-0.2, 0) is 21.2 Å². The van der Waals surface area contributed by atoms with Gasteiger partial charge in [-0.15, -0.1) is 0 Å². The number of methoxy groups -OCH3 is 1. The second-order valence-electron chi connectivity index (χ2n) is 7.29. The minimum atomic E-state index is -3.28. The van der Waals surface area contributed by atoms with Crippen molar-refractivity contribution >= 4 is 44.6 Å². The Labute approximate surface area is 179 Å². The normalized spacial score (nSPS) is 23.8. The van der Waals surface area contributed by atoms with Crippen LogP contribution in [0, 0.1) is 0 Å². The molecule has 0 aromatic heterocycles. The molecule has 154 valence electrons. The number of piperazine rings is 1. The molecule has 0 unspecified atom stereocenters. The van der Waals surface area contributed by atoms with Crippen LogP contribution in [0.25, 0.3) is 0 Å². The van der Waals surface area contributed by atoms with Crippen LogP contribution in [0.5, 0.6) is 5.75 Å². The molecule has 2 atom stereocenters. The van der Waals surface area contributed by atoms with Crippen molar-refractivity contribution < 1.29 is 17.9 Å². The average Bonchev–Trinajstić information content (AvgIpc) is 2.98. The second-order valence-corrected chi connectivity index (χ2v) is 10.3. The highest BCUT2D eigenvalue weighted by Gasteiger charge is 2.49. The third-order valence-electron chi connectivity index (χ3n) is 5.45. The summed E-state index contributed by atoms with van der Waals surface area (Å²) in [5, 5.41) is 0.968. The van der Waals surface area contributed by atoms with Gasteiger partial charge in [0.1, 0.15) is 5.75 Å². The van der Waals surface area contributed by atoms with E-state index in [4.69, 9.17) is 27.9 Å². The number of anilines is 1. The van der Waals surface area contributed by atoms with Gasteiger partial charge in [0.2, 0.25) is 5.91 Å². The first-order valence-electron chi connectivity index (χ1n) is 9.12. The Hall–Kier alpha value is -1.80. The van der Waals surface area contributed by atoms with Crippen LogP contribution in [0.3, 0.4) is 0 Å². The van der Waals surface area contributed by atoms with E-state index in [1.807, 2.05) is 23.1 Å². The third kappa shape index (κ3) is 3.97. The van der Waals surface area contributed by atoms with Gasteiger partial charge in [-0.3, -0.25) is 9.69 Å². The number of hydrogen-bond donors (Lipinski definition) is 0. The Balaban J connectivity index is 1.68. The molecule has 2 aliphatic heterocycles. The fourth-order valence-electron chi connectivity index (χ4n) is 4.12. The lowest BCUT2D eigenvalue weighted by Crippen LogP contribution is -2.61. The lowest BCUT2D eigenvalue weighted by molar-refractivity contribution is -0.123. The number of fused-ring (bicyclic) bond motifs is 1. The van der Waals surface area contributed by atoms with Crippen molar-refractivity contribution in [3.63, 3.8) is 0 Å². The smallest absolute Gasteiger partial charge is 0.241 e. The molecular weight excluding hydrogens is 435 g/mol. The Morgan fingerprint density at radius 3 is 2.48 bits per heavy atom. The quantitative estimate of drug-likeness (QED) is 0.709. The van der Waals surface area contributed by atoms with Gasteiger partial charge in [0, 0.05) is 23.3 Å². The number of carbonyl (C=O) groups excluding carboxylic acids is 1. The van der Waals surface area contributed by atoms with Gasteiger partial charge in [-0.2, -0.15) is 0 Å². The number of hydrogen-bond acceptors (Lipinski definition) is 5. The number of nitrogens with zero attached hydrogens (tertiary/aromatic N) is 2. The lowest BCUT2D eigenvalue weighted by Gasteiger charge is -2.43. The number of carbonyl (C=O) groups is 1. The highest BCUT2D eigenvalue weighted by atomic mass is 35.5. The molecular formula is C20H20Cl2N2O4S. The number of benzene rings is 2. The first kappa shape index (κ1) is 20.5. The molecule has 2 aromatic carbocycles. The van der Waals surface area contributed by atoms with Crippen molar-refractivity contribution in [2.75, 3.05) is 30.1 Å². The SMILES string of the molecule is COc1ccc(N2C(=O)CN(Cc3ccccc3Cl)[C@@H]3CS(=O)(=O)C[C@@H]32)cc1Cl. The zero-order valence-corrected chi connectivity index (χ0v) is 18.0. The summed E-state index contributed by atoms with van der Waals surface area (Å²) in [6.07, 6.45) is 0. The van der Waals surface area contributed by atoms with Crippen LogP contribution in [0.4, 0.5) is 5.69 Å². The standard InChI is InChI=1S/C20H20Cl2N2O4S/c1-28-19-7-6-14(8-16(19)22)24-18-12-29(26,27)11-17(18)23(10-20(24)25)9-13-4-2-3-5-15(13)21/h2-8,17-18H,9-12H2,1H3/t17-,18+/m1/s1. The number of halogens is 2. The van der Waals surface area contributed by atoms with Crippen molar-refractivity contribution in [2.45, 2.75) is 18.6 Å². The molecule has 0 aliphatic carbocycles. The fraction of sp³-hybridized carbons (Fsp3) is 0.350. The van der Waals surface area contributed by atoms with Crippen LogP contribution < -0.4 is 9.64 Å². The molecule has 0 radical (unpaired) electrons. The van der Waals surface area contributed by atoms with Crippen molar-refractivity contribution in [2.24, 2.45) is 0 Å². The van der Waals surface area contributed by atoms with Gasteiger partial charge < -0.3 is 9.64 Å². The Morgan fingerprint density at radius 1 is 1.07 bits per heavy atom. The monoisotopic (exact) mass is 454 g/mol. The summed E-state index contributed by atoms with van der Waals surface area (Å²) >= 11 is 12.5. The van der Waals surface area contributed by atoms with Gasteiger partial charge >= 0.3 is 0 Å². The van der Waals surface area contributed by atoms with E-state index in [0.29, 0.717) is 28.0 Å². The molecule has 1 amide bonds. The van der Waals surface area contributed by atoms with Gasteiger partial charge in [-0.05, 0) is 29.8 Å². The Bertz CT molecular complexity index is 1060. The summed E-state index contributed by atoms with van der Waals surface area (Å²) in [5.41, 5.74) is 1.44. The molecule has 0 spiro atoms. The largest absolute Gasteiger partial charge is 0.495 e. The first-order valence-corrected chi connectivity index (χ1v) is 11.7. The molecule has 29 heavy (non-hydrogen) atoms. The van der Waals surface area contributed by atoms with E-state index in [1.165, 1.54) is 7.11 Å². The van der Waals surface area contributed by atoms with E-state index < -0.39 is 15.9 Å². The molecule has 2 fully saturated rings. The van der Waals surface area contributed by atoms with Crippen molar-refractivity contribution in [1.29, 1.82) is 0 Å². The van der Waals surface area contributed by atoms with Crippen LogP contribution in [0.15, 0.2) is 42.5 Å². The van der Waals surface area contributed by atoms with E-state index >= 15 is 0 Å². The third-order valence-corrected chi connectivity index (χ3v) is 7.81. The van der Waals surface area contributed by atoms with E-state index in [1.54, 1.807) is 29.2 Å². The molecule has 2 saturated heterocycles. The predicted octanol–water partition coefficient (Wildman–Crippen LogP) is 3.02. The zero-order valence-electron chi connectivity index (χ0n) is 15.7. The van der Waals surface area contributed by atoms with E-state index in [2.05, 4.69) is 0 Å². The van der Waals surface area contributed by atoms with Crippen LogP contribution in [0.2, 0.25) is 10.0 Å². The van der Waals surface area contributed by atoms with Crippen molar-refractivity contribution in [3.05, 3.63) is 58.1 Å². The number of ether oxygens (including phenoxy) is 1. The fourth-order valence-corrected chi connectivity index (χ4v) is 6.55.